The monoisotopic (exact) mass is 722 g/mol. The molecule has 0 bridgehead atoms. The first-order valence-electron chi connectivity index (χ1n) is 18.0. The van der Waals surface area contributed by atoms with Crippen LogP contribution in [0.3, 0.4) is 0 Å². The van der Waals surface area contributed by atoms with E-state index >= 15 is 0 Å². The zero-order valence-corrected chi connectivity index (χ0v) is 32.1. The molecule has 3 nitrogen and oxygen atoms in total. The summed E-state index contributed by atoms with van der Waals surface area (Å²) < 4.78 is 1.96. The van der Waals surface area contributed by atoms with E-state index in [0.717, 1.165) is 44.7 Å². The van der Waals surface area contributed by atoms with Gasteiger partial charge in [-0.15, -0.1) is 0 Å². The van der Waals surface area contributed by atoms with Gasteiger partial charge >= 0.3 is 0 Å². The third-order valence-electron chi connectivity index (χ3n) is 11.5. The number of para-hydroxylation sites is 4. The minimum absolute atomic E-state index is 0.0214. The second kappa shape index (κ2) is 13.1. The number of rotatable bonds is 8. The lowest BCUT2D eigenvalue weighted by Gasteiger charge is -2.38. The fourth-order valence-electron chi connectivity index (χ4n) is 8.77. The topological polar surface area (TPSA) is 6.48 Å². The van der Waals surface area contributed by atoms with Crippen molar-refractivity contribution in [1.82, 2.24) is 4.48 Å². The van der Waals surface area contributed by atoms with Gasteiger partial charge in [0.25, 0.3) is 0 Å². The molecule has 254 valence electrons. The van der Waals surface area contributed by atoms with Crippen molar-refractivity contribution in [3.05, 3.63) is 178 Å². The molecule has 2 atom stereocenters. The van der Waals surface area contributed by atoms with Crippen molar-refractivity contribution in [1.29, 1.82) is 0 Å². The van der Waals surface area contributed by atoms with E-state index in [1.807, 2.05) is 0 Å². The Morgan fingerprint density at radius 1 is 0.760 bits per heavy atom. The number of fused-ring (bicyclic) bond motifs is 2. The normalized spacial score (nSPS) is 23.6. The summed E-state index contributed by atoms with van der Waals surface area (Å²) in [5.74, 6) is 0. The highest BCUT2D eigenvalue weighted by Gasteiger charge is 2.53. The molecule has 0 amide bonds. The molecule has 0 saturated heterocycles. The minimum Gasteiger partial charge on any atom is -0.344 e. The maximum absolute atomic E-state index is 4.08. The quantitative estimate of drug-likeness (QED) is 0.167. The Labute approximate surface area is 308 Å². The van der Waals surface area contributed by atoms with Gasteiger partial charge in [-0.05, 0) is 94.0 Å². The average Bonchev–Trinajstić information content (AvgIpc) is 3.62. The average molecular weight is 724 g/mol. The lowest BCUT2D eigenvalue weighted by molar-refractivity contribution is 0.252. The fourth-order valence-corrected chi connectivity index (χ4v) is 9.34. The number of hydrogen-bond donors (Lipinski definition) is 0. The second-order valence-electron chi connectivity index (χ2n) is 14.9. The summed E-state index contributed by atoms with van der Waals surface area (Å²) in [6.07, 6.45) is 11.9. The van der Waals surface area contributed by atoms with E-state index in [0.29, 0.717) is 0 Å². The molecule has 1 aliphatic carbocycles. The molecule has 3 aliphatic rings. The van der Waals surface area contributed by atoms with E-state index in [1.165, 1.54) is 33.8 Å². The predicted octanol–water partition coefficient (Wildman–Crippen LogP) is 11.9. The van der Waals surface area contributed by atoms with Crippen LogP contribution in [0.15, 0.2) is 167 Å². The number of allylic oxidation sites excluding steroid dienone is 7. The molecular formula is C46H49BrN3+. The SMILES string of the molecule is CCN1/C(=C/C=C2\C(Br)=CC(/C=C/C3C(C)(C)c4ccccc4[N+]3(C)CC)=C2N(c2ccccc2)c2ccccc2)C(C)(C)c2ccccc21. The first kappa shape index (κ1) is 34.1. The Balaban J connectivity index is 1.42. The summed E-state index contributed by atoms with van der Waals surface area (Å²) >= 11 is 4.08. The molecule has 4 aromatic rings. The van der Waals surface area contributed by atoms with Gasteiger partial charge in [-0.3, -0.25) is 4.48 Å². The van der Waals surface area contributed by atoms with Crippen molar-refractivity contribution < 1.29 is 0 Å². The van der Waals surface area contributed by atoms with E-state index < -0.39 is 0 Å². The molecule has 0 aromatic heterocycles. The summed E-state index contributed by atoms with van der Waals surface area (Å²) in [4.78, 5) is 4.89. The lowest BCUT2D eigenvalue weighted by atomic mass is 9.80. The zero-order chi connectivity index (χ0) is 35.3. The summed E-state index contributed by atoms with van der Waals surface area (Å²) in [6.45, 7) is 16.0. The molecule has 0 N–H and O–H groups in total. The van der Waals surface area contributed by atoms with Crippen LogP contribution in [-0.4, -0.2) is 26.2 Å². The number of likely N-dealkylation sites (N-methyl/N-ethyl adjacent to an activating group) is 2. The summed E-state index contributed by atoms with van der Waals surface area (Å²) in [7, 11) is 2.40. The molecule has 50 heavy (non-hydrogen) atoms. The smallest absolute Gasteiger partial charge is 0.137 e. The molecule has 4 heteroatoms. The maximum Gasteiger partial charge on any atom is 0.137 e. The van der Waals surface area contributed by atoms with Crippen LogP contribution in [0.2, 0.25) is 0 Å². The summed E-state index contributed by atoms with van der Waals surface area (Å²) in [5, 5.41) is 0. The van der Waals surface area contributed by atoms with Crippen molar-refractivity contribution in [2.75, 3.05) is 29.9 Å². The van der Waals surface area contributed by atoms with Gasteiger partial charge in [0.2, 0.25) is 0 Å². The van der Waals surface area contributed by atoms with Gasteiger partial charge in [0.15, 0.2) is 0 Å². The van der Waals surface area contributed by atoms with Crippen LogP contribution in [0.1, 0.15) is 52.7 Å². The van der Waals surface area contributed by atoms with Crippen molar-refractivity contribution >= 4 is 38.7 Å². The molecule has 4 aromatic carbocycles. The van der Waals surface area contributed by atoms with Crippen LogP contribution >= 0.6 is 15.9 Å². The molecule has 2 heterocycles. The van der Waals surface area contributed by atoms with Crippen LogP contribution < -0.4 is 14.3 Å². The molecular weight excluding hydrogens is 674 g/mol. The lowest BCUT2D eigenvalue weighted by Crippen LogP contribution is -2.54. The van der Waals surface area contributed by atoms with E-state index in [1.54, 1.807) is 0 Å². The Bertz CT molecular complexity index is 2030. The fraction of sp³-hybridized carbons (Fsp3) is 0.261. The Kier molecular flexibility index (Phi) is 8.90. The molecule has 0 saturated carbocycles. The van der Waals surface area contributed by atoms with E-state index in [2.05, 4.69) is 214 Å². The van der Waals surface area contributed by atoms with Gasteiger partial charge in [0.1, 0.15) is 11.7 Å². The standard InChI is InChI=1S/C46H49BrN3/c1-8-48-40-26-18-16-24-37(40)45(3,4)42(48)30-29-36-39(47)32-33(44(36)49(34-20-12-10-13-21-34)35-22-14-11-15-23-35)28-31-43-46(5,6)38-25-17-19-27-41(38)50(43,7)9-2/h10-32,43H,8-9H2,1-7H3/q+1/b31-28+,36-29+,42-30+. The van der Waals surface area contributed by atoms with Crippen LogP contribution in [0.5, 0.6) is 0 Å². The number of anilines is 3. The number of quaternary nitrogens is 1. The summed E-state index contributed by atoms with van der Waals surface area (Å²) in [5.41, 5.74) is 12.5. The van der Waals surface area contributed by atoms with Crippen molar-refractivity contribution in [2.45, 2.75) is 58.4 Å². The van der Waals surface area contributed by atoms with Crippen molar-refractivity contribution in [3.63, 3.8) is 0 Å². The highest BCUT2D eigenvalue weighted by atomic mass is 79.9. The summed E-state index contributed by atoms with van der Waals surface area (Å²) in [6, 6.07) is 39.7. The van der Waals surface area contributed by atoms with Crippen LogP contribution in [0.4, 0.5) is 22.7 Å². The molecule has 0 spiro atoms. The molecule has 0 fully saturated rings. The van der Waals surface area contributed by atoms with Crippen LogP contribution in [0, 0.1) is 0 Å². The number of nitrogens with zero attached hydrogens (tertiary/aromatic N) is 3. The van der Waals surface area contributed by atoms with Gasteiger partial charge in [-0.2, -0.15) is 0 Å². The van der Waals surface area contributed by atoms with Crippen LogP contribution in [-0.2, 0) is 10.8 Å². The van der Waals surface area contributed by atoms with E-state index in [-0.39, 0.29) is 16.9 Å². The maximum atomic E-state index is 4.08. The second-order valence-corrected chi connectivity index (χ2v) is 15.8. The molecule has 2 aliphatic heterocycles. The van der Waals surface area contributed by atoms with Crippen molar-refractivity contribution in [2.24, 2.45) is 0 Å². The number of hydrogen-bond acceptors (Lipinski definition) is 2. The first-order chi connectivity index (χ1) is 24.0. The van der Waals surface area contributed by atoms with E-state index in [9.17, 15) is 0 Å². The first-order valence-corrected chi connectivity index (χ1v) is 18.8. The molecule has 2 unspecified atom stereocenters. The Morgan fingerprint density at radius 2 is 1.34 bits per heavy atom. The third-order valence-corrected chi connectivity index (χ3v) is 12.1. The molecule has 0 radical (unpaired) electrons. The van der Waals surface area contributed by atoms with Crippen molar-refractivity contribution in [3.8, 4) is 0 Å². The zero-order valence-electron chi connectivity index (χ0n) is 30.5. The van der Waals surface area contributed by atoms with Gasteiger partial charge in [0, 0.05) is 55.9 Å². The number of benzene rings is 4. The largest absolute Gasteiger partial charge is 0.344 e. The number of halogens is 1. The highest BCUT2D eigenvalue weighted by Crippen LogP contribution is 2.51. The minimum atomic E-state index is -0.116. The Hall–Kier alpha value is -4.38. The predicted molar refractivity (Wildman–Crippen MR) is 218 cm³/mol. The van der Waals surface area contributed by atoms with E-state index in [4.69, 9.17) is 0 Å². The van der Waals surface area contributed by atoms with Gasteiger partial charge < -0.3 is 9.80 Å². The van der Waals surface area contributed by atoms with Gasteiger partial charge in [0.05, 0.1) is 24.7 Å². The van der Waals surface area contributed by atoms with Gasteiger partial charge in [-0.25, -0.2) is 0 Å². The van der Waals surface area contributed by atoms with Crippen LogP contribution in [0.25, 0.3) is 0 Å². The third kappa shape index (κ3) is 5.45. The Morgan fingerprint density at radius 3 is 1.96 bits per heavy atom. The molecule has 7 rings (SSSR count). The van der Waals surface area contributed by atoms with Gasteiger partial charge in [-0.1, -0.05) is 109 Å². The highest BCUT2D eigenvalue weighted by molar-refractivity contribution is 9.12.